The lowest BCUT2D eigenvalue weighted by Crippen LogP contribution is -2.34. The van der Waals surface area contributed by atoms with E-state index in [0.29, 0.717) is 23.5 Å². The van der Waals surface area contributed by atoms with E-state index < -0.39 is 28.5 Å². The van der Waals surface area contributed by atoms with Crippen molar-refractivity contribution in [2.45, 2.75) is 19.4 Å². The van der Waals surface area contributed by atoms with Crippen LogP contribution >= 0.6 is 0 Å². The zero-order valence-electron chi connectivity index (χ0n) is 16.4. The van der Waals surface area contributed by atoms with Gasteiger partial charge in [-0.05, 0) is 25.5 Å². The Morgan fingerprint density at radius 3 is 2.55 bits per heavy atom. The summed E-state index contributed by atoms with van der Waals surface area (Å²) in [6.45, 7) is 1.88. The van der Waals surface area contributed by atoms with Gasteiger partial charge in [0.2, 0.25) is 5.91 Å². The molecule has 0 saturated carbocycles. The van der Waals surface area contributed by atoms with Crippen LogP contribution in [0.15, 0.2) is 48.5 Å². The lowest BCUT2D eigenvalue weighted by Gasteiger charge is -2.19. The number of benzene rings is 2. The molecule has 2 aromatic carbocycles. The van der Waals surface area contributed by atoms with Gasteiger partial charge in [0.25, 0.3) is 5.69 Å². The van der Waals surface area contributed by atoms with Gasteiger partial charge in [-0.25, -0.2) is 18.7 Å². The summed E-state index contributed by atoms with van der Waals surface area (Å²) in [5, 5.41) is 14.0. The molecule has 158 valence electrons. The number of non-ortho nitro benzene ring substituents is 1. The third-order valence-electron chi connectivity index (χ3n) is 4.90. The van der Waals surface area contributed by atoms with Crippen LogP contribution in [0.4, 0.5) is 26.0 Å². The van der Waals surface area contributed by atoms with Gasteiger partial charge in [0, 0.05) is 36.0 Å². The van der Waals surface area contributed by atoms with Crippen molar-refractivity contribution in [2.24, 2.45) is 0 Å². The number of hydrogen-bond donors (Lipinski definition) is 1. The van der Waals surface area contributed by atoms with E-state index in [0.717, 1.165) is 17.0 Å². The SMILES string of the molecule is Cc1cc(NC2CCN(c3c(F)cccc3F)C2=O)nc(-c2cccc([N+](=O)[O-])c2)n1. The number of nitro groups is 1. The highest BCUT2D eigenvalue weighted by Gasteiger charge is 2.35. The number of amides is 1. The summed E-state index contributed by atoms with van der Waals surface area (Å²) >= 11 is 0. The third kappa shape index (κ3) is 4.04. The number of aromatic nitrogens is 2. The van der Waals surface area contributed by atoms with E-state index in [9.17, 15) is 23.7 Å². The molecular formula is C21H17F2N5O3. The highest BCUT2D eigenvalue weighted by Crippen LogP contribution is 2.29. The summed E-state index contributed by atoms with van der Waals surface area (Å²) in [5.41, 5.74) is 0.578. The number of nitrogens with zero attached hydrogens (tertiary/aromatic N) is 4. The second-order valence-corrected chi connectivity index (χ2v) is 7.07. The molecule has 2 heterocycles. The van der Waals surface area contributed by atoms with Crippen molar-refractivity contribution < 1.29 is 18.5 Å². The highest BCUT2D eigenvalue weighted by atomic mass is 19.1. The molecule has 1 amide bonds. The van der Waals surface area contributed by atoms with Crippen molar-refractivity contribution in [3.8, 4) is 11.4 Å². The van der Waals surface area contributed by atoms with Crippen molar-refractivity contribution in [2.75, 3.05) is 16.8 Å². The van der Waals surface area contributed by atoms with Gasteiger partial charge < -0.3 is 10.2 Å². The minimum atomic E-state index is -0.806. The van der Waals surface area contributed by atoms with Crippen molar-refractivity contribution in [1.82, 2.24) is 9.97 Å². The average Bonchev–Trinajstić information content (AvgIpc) is 3.07. The molecule has 1 saturated heterocycles. The van der Waals surface area contributed by atoms with Crippen molar-refractivity contribution in [3.63, 3.8) is 0 Å². The van der Waals surface area contributed by atoms with Crippen LogP contribution in [-0.2, 0) is 4.79 Å². The Morgan fingerprint density at radius 2 is 1.84 bits per heavy atom. The largest absolute Gasteiger partial charge is 0.358 e. The van der Waals surface area contributed by atoms with Crippen LogP contribution < -0.4 is 10.2 Å². The van der Waals surface area contributed by atoms with Gasteiger partial charge in [0.15, 0.2) is 5.82 Å². The first-order valence-corrected chi connectivity index (χ1v) is 9.46. The first kappa shape index (κ1) is 20.3. The van der Waals surface area contributed by atoms with Gasteiger partial charge in [-0.1, -0.05) is 18.2 Å². The maximum atomic E-state index is 14.1. The standard InChI is InChI=1S/C21H17F2N5O3/c1-12-10-18(26-20(24-12)13-4-2-5-14(11-13)28(30)31)25-17-8-9-27(21(17)29)19-15(22)6-3-7-16(19)23/h2-7,10-11,17H,8-9H2,1H3,(H,24,25,26). The number of nitro benzene ring substituents is 1. The van der Waals surface area contributed by atoms with Gasteiger partial charge in [0.1, 0.15) is 29.2 Å². The molecule has 1 aromatic heterocycles. The smallest absolute Gasteiger partial charge is 0.270 e. The molecule has 1 fully saturated rings. The number of carbonyl (C=O) groups excluding carboxylic acids is 1. The molecule has 8 nitrogen and oxygen atoms in total. The Bertz CT molecular complexity index is 1170. The van der Waals surface area contributed by atoms with Gasteiger partial charge >= 0.3 is 0 Å². The Labute approximate surface area is 175 Å². The molecule has 31 heavy (non-hydrogen) atoms. The molecule has 0 spiro atoms. The topological polar surface area (TPSA) is 101 Å². The van der Waals surface area contributed by atoms with Gasteiger partial charge in [-0.3, -0.25) is 14.9 Å². The van der Waals surface area contributed by atoms with E-state index >= 15 is 0 Å². The Balaban J connectivity index is 1.59. The van der Waals surface area contributed by atoms with Crippen LogP contribution in [0.5, 0.6) is 0 Å². The minimum Gasteiger partial charge on any atom is -0.358 e. The number of para-hydroxylation sites is 1. The number of halogens is 2. The molecule has 4 rings (SSSR count). The zero-order chi connectivity index (χ0) is 22.1. The molecule has 1 aliphatic rings. The minimum absolute atomic E-state index is 0.0920. The fourth-order valence-electron chi connectivity index (χ4n) is 3.49. The average molecular weight is 425 g/mol. The van der Waals surface area contributed by atoms with Crippen molar-refractivity contribution in [3.05, 3.63) is 76.0 Å². The number of carbonyl (C=O) groups is 1. The van der Waals surface area contributed by atoms with E-state index in [1.807, 2.05) is 0 Å². The molecule has 0 radical (unpaired) electrons. The van der Waals surface area contributed by atoms with Gasteiger partial charge in [-0.2, -0.15) is 0 Å². The Morgan fingerprint density at radius 1 is 1.13 bits per heavy atom. The second kappa shape index (κ2) is 8.05. The summed E-state index contributed by atoms with van der Waals surface area (Å²) in [4.78, 5) is 33.1. The van der Waals surface area contributed by atoms with E-state index in [2.05, 4.69) is 15.3 Å². The van der Waals surface area contributed by atoms with E-state index in [-0.39, 0.29) is 23.7 Å². The van der Waals surface area contributed by atoms with Crippen LogP contribution in [0.1, 0.15) is 12.1 Å². The molecule has 3 aromatic rings. The van der Waals surface area contributed by atoms with E-state index in [1.54, 1.807) is 19.1 Å². The normalized spacial score (nSPS) is 15.9. The first-order chi connectivity index (χ1) is 14.8. The predicted octanol–water partition coefficient (Wildman–Crippen LogP) is 3.86. The predicted molar refractivity (Wildman–Crippen MR) is 110 cm³/mol. The molecular weight excluding hydrogens is 408 g/mol. The fraction of sp³-hybridized carbons (Fsp3) is 0.190. The quantitative estimate of drug-likeness (QED) is 0.492. The monoisotopic (exact) mass is 425 g/mol. The number of anilines is 2. The third-order valence-corrected chi connectivity index (χ3v) is 4.90. The Kier molecular flexibility index (Phi) is 5.28. The van der Waals surface area contributed by atoms with Crippen LogP contribution in [0.3, 0.4) is 0 Å². The summed E-state index contributed by atoms with van der Waals surface area (Å²) in [6.07, 6.45) is 0.321. The van der Waals surface area contributed by atoms with Crippen LogP contribution in [0.2, 0.25) is 0 Å². The van der Waals surface area contributed by atoms with Crippen molar-refractivity contribution in [1.29, 1.82) is 0 Å². The molecule has 10 heteroatoms. The van der Waals surface area contributed by atoms with E-state index in [1.165, 1.54) is 24.3 Å². The lowest BCUT2D eigenvalue weighted by atomic mass is 10.2. The van der Waals surface area contributed by atoms with E-state index in [4.69, 9.17) is 0 Å². The molecule has 1 N–H and O–H groups in total. The Hall–Kier alpha value is -3.95. The first-order valence-electron chi connectivity index (χ1n) is 9.46. The summed E-state index contributed by atoms with van der Waals surface area (Å²) < 4.78 is 28.2. The summed E-state index contributed by atoms with van der Waals surface area (Å²) in [7, 11) is 0. The second-order valence-electron chi connectivity index (χ2n) is 7.07. The molecule has 1 aliphatic heterocycles. The maximum Gasteiger partial charge on any atom is 0.270 e. The molecule has 1 unspecified atom stereocenters. The summed E-state index contributed by atoms with van der Waals surface area (Å²) in [6, 6.07) is 10.3. The van der Waals surface area contributed by atoms with Gasteiger partial charge in [-0.15, -0.1) is 0 Å². The zero-order valence-corrected chi connectivity index (χ0v) is 16.4. The van der Waals surface area contributed by atoms with Crippen LogP contribution in [-0.4, -0.2) is 33.4 Å². The summed E-state index contributed by atoms with van der Waals surface area (Å²) in [5.74, 6) is -1.49. The molecule has 1 atom stereocenters. The molecule has 0 aliphatic carbocycles. The number of rotatable bonds is 5. The van der Waals surface area contributed by atoms with Crippen LogP contribution in [0, 0.1) is 28.7 Å². The highest BCUT2D eigenvalue weighted by molar-refractivity contribution is 6.01. The number of aryl methyl sites for hydroxylation is 1. The maximum absolute atomic E-state index is 14.1. The fourth-order valence-corrected chi connectivity index (χ4v) is 3.49. The van der Waals surface area contributed by atoms with Crippen LogP contribution in [0.25, 0.3) is 11.4 Å². The molecule has 0 bridgehead atoms. The lowest BCUT2D eigenvalue weighted by molar-refractivity contribution is -0.384. The number of nitrogens with one attached hydrogen (secondary N) is 1. The van der Waals surface area contributed by atoms with Crippen molar-refractivity contribution >= 4 is 23.1 Å². The van der Waals surface area contributed by atoms with Gasteiger partial charge in [0.05, 0.1) is 4.92 Å². The number of hydrogen-bond acceptors (Lipinski definition) is 6.